The quantitative estimate of drug-likeness (QED) is 0.896. The first-order chi connectivity index (χ1) is 10.1. The molecule has 0 aliphatic carbocycles. The zero-order chi connectivity index (χ0) is 15.0. The molecule has 0 spiro atoms. The smallest absolute Gasteiger partial charge is 0.276 e. The fourth-order valence-electron chi connectivity index (χ4n) is 2.55. The van der Waals surface area contributed by atoms with Gasteiger partial charge < -0.3 is 10.1 Å². The first-order valence-electron chi connectivity index (χ1n) is 6.78. The molecule has 0 fully saturated rings. The van der Waals surface area contributed by atoms with Gasteiger partial charge in [0.2, 0.25) is 0 Å². The Labute approximate surface area is 127 Å². The summed E-state index contributed by atoms with van der Waals surface area (Å²) < 4.78 is 5.39. The zero-order valence-corrected chi connectivity index (χ0v) is 12.7. The number of nitrogens with zero attached hydrogens (tertiary/aromatic N) is 1. The fraction of sp³-hybridized carbons (Fsp3) is 0.333. The van der Waals surface area contributed by atoms with Gasteiger partial charge in [0.1, 0.15) is 0 Å². The number of halogens is 1. The van der Waals surface area contributed by atoms with Crippen LogP contribution in [-0.2, 0) is 17.8 Å². The van der Waals surface area contributed by atoms with Gasteiger partial charge in [-0.25, -0.2) is 0 Å². The van der Waals surface area contributed by atoms with Crippen LogP contribution in [0.5, 0.6) is 0 Å². The molecule has 1 amide bonds. The molecule has 3 rings (SSSR count). The Morgan fingerprint density at radius 3 is 3.00 bits per heavy atom. The largest absolute Gasteiger partial charge is 0.376 e. The van der Waals surface area contributed by atoms with Crippen molar-refractivity contribution in [3.05, 3.63) is 45.2 Å². The third-order valence-electron chi connectivity index (χ3n) is 3.58. The molecule has 21 heavy (non-hydrogen) atoms. The lowest BCUT2D eigenvalue weighted by atomic mass is 10.1. The number of hydrogen-bond acceptors (Lipinski definition) is 3. The van der Waals surface area contributed by atoms with Gasteiger partial charge in [0.25, 0.3) is 5.91 Å². The van der Waals surface area contributed by atoms with Crippen LogP contribution in [0.1, 0.15) is 32.9 Å². The summed E-state index contributed by atoms with van der Waals surface area (Å²) in [6, 6.07) is 3.80. The second-order valence-electron chi connectivity index (χ2n) is 5.22. The fourth-order valence-corrected chi connectivity index (χ4v) is 2.91. The SMILES string of the molecule is Cc1cc(C)c(NC(=O)c2n[nH]c3c2COCC3)c(Cl)c1. The summed E-state index contributed by atoms with van der Waals surface area (Å²) in [5.74, 6) is -0.271. The lowest BCUT2D eigenvalue weighted by Crippen LogP contribution is -2.18. The van der Waals surface area contributed by atoms with Gasteiger partial charge in [-0.1, -0.05) is 17.7 Å². The van der Waals surface area contributed by atoms with E-state index in [9.17, 15) is 4.79 Å². The standard InChI is InChI=1S/C15H16ClN3O2/c1-8-5-9(2)13(11(16)6-8)17-15(20)14-10-7-21-4-3-12(10)18-19-14/h5-6H,3-4,7H2,1-2H3,(H,17,20)(H,18,19). The van der Waals surface area contributed by atoms with Crippen molar-refractivity contribution < 1.29 is 9.53 Å². The van der Waals surface area contributed by atoms with E-state index in [-0.39, 0.29) is 5.91 Å². The molecule has 0 saturated carbocycles. The second kappa shape index (κ2) is 5.50. The van der Waals surface area contributed by atoms with Gasteiger partial charge in [-0.05, 0) is 31.0 Å². The number of H-pyrrole nitrogens is 1. The minimum atomic E-state index is -0.271. The molecule has 110 valence electrons. The van der Waals surface area contributed by atoms with Gasteiger partial charge in [-0.3, -0.25) is 9.89 Å². The molecule has 0 radical (unpaired) electrons. The van der Waals surface area contributed by atoms with Crippen LogP contribution in [0.15, 0.2) is 12.1 Å². The van der Waals surface area contributed by atoms with Crippen molar-refractivity contribution in [3.63, 3.8) is 0 Å². The van der Waals surface area contributed by atoms with E-state index in [2.05, 4.69) is 15.5 Å². The summed E-state index contributed by atoms with van der Waals surface area (Å²) >= 11 is 6.22. The summed E-state index contributed by atoms with van der Waals surface area (Å²) in [5, 5.41) is 10.4. The van der Waals surface area contributed by atoms with E-state index in [1.807, 2.05) is 26.0 Å². The van der Waals surface area contributed by atoms with Crippen LogP contribution < -0.4 is 5.32 Å². The lowest BCUT2D eigenvalue weighted by molar-refractivity contribution is 0.0985. The number of anilines is 1. The van der Waals surface area contributed by atoms with Crippen LogP contribution in [0.2, 0.25) is 5.02 Å². The highest BCUT2D eigenvalue weighted by Gasteiger charge is 2.23. The van der Waals surface area contributed by atoms with E-state index < -0.39 is 0 Å². The van der Waals surface area contributed by atoms with Crippen molar-refractivity contribution in [3.8, 4) is 0 Å². The van der Waals surface area contributed by atoms with Gasteiger partial charge in [-0.2, -0.15) is 5.10 Å². The van der Waals surface area contributed by atoms with Crippen LogP contribution in [0.4, 0.5) is 5.69 Å². The van der Waals surface area contributed by atoms with Crippen LogP contribution in [0.25, 0.3) is 0 Å². The highest BCUT2D eigenvalue weighted by molar-refractivity contribution is 6.34. The predicted octanol–water partition coefficient (Wildman–Crippen LogP) is 3.00. The summed E-state index contributed by atoms with van der Waals surface area (Å²) in [6.45, 7) is 4.94. The average Bonchev–Trinajstić information content (AvgIpc) is 2.86. The maximum Gasteiger partial charge on any atom is 0.276 e. The molecule has 0 atom stereocenters. The molecule has 2 heterocycles. The highest BCUT2D eigenvalue weighted by atomic mass is 35.5. The molecule has 1 aliphatic rings. The number of carbonyl (C=O) groups is 1. The molecule has 2 aromatic rings. The molecule has 1 aromatic carbocycles. The number of aromatic nitrogens is 2. The number of aryl methyl sites for hydroxylation is 2. The number of hydrogen-bond donors (Lipinski definition) is 2. The average molecular weight is 306 g/mol. The van der Waals surface area contributed by atoms with E-state index in [1.165, 1.54) is 0 Å². The molecule has 2 N–H and O–H groups in total. The Morgan fingerprint density at radius 1 is 1.43 bits per heavy atom. The first kappa shape index (κ1) is 14.1. The number of amides is 1. The predicted molar refractivity (Wildman–Crippen MR) is 80.8 cm³/mol. The number of ether oxygens (including phenoxy) is 1. The molecule has 1 aromatic heterocycles. The minimum absolute atomic E-state index is 0.271. The maximum atomic E-state index is 12.4. The van der Waals surface area contributed by atoms with Gasteiger partial charge in [0, 0.05) is 17.7 Å². The zero-order valence-electron chi connectivity index (χ0n) is 11.9. The number of aromatic amines is 1. The van der Waals surface area contributed by atoms with E-state index in [4.69, 9.17) is 16.3 Å². The Hall–Kier alpha value is -1.85. The van der Waals surface area contributed by atoms with Crippen molar-refractivity contribution in [2.75, 3.05) is 11.9 Å². The Bertz CT molecular complexity index is 686. The molecule has 0 bridgehead atoms. The summed E-state index contributed by atoms with van der Waals surface area (Å²) in [7, 11) is 0. The number of nitrogens with one attached hydrogen (secondary N) is 2. The van der Waals surface area contributed by atoms with E-state index in [0.29, 0.717) is 29.6 Å². The Morgan fingerprint density at radius 2 is 2.24 bits per heavy atom. The summed E-state index contributed by atoms with van der Waals surface area (Å²) in [6.07, 6.45) is 0.750. The molecular weight excluding hydrogens is 290 g/mol. The monoisotopic (exact) mass is 305 g/mol. The normalized spacial score (nSPS) is 13.9. The van der Waals surface area contributed by atoms with E-state index in [1.54, 1.807) is 0 Å². The molecule has 0 saturated heterocycles. The number of carbonyl (C=O) groups excluding carboxylic acids is 1. The van der Waals surface area contributed by atoms with Gasteiger partial charge in [-0.15, -0.1) is 0 Å². The topological polar surface area (TPSA) is 67.0 Å². The molecule has 5 nitrogen and oxygen atoms in total. The van der Waals surface area contributed by atoms with Crippen molar-refractivity contribution in [1.82, 2.24) is 10.2 Å². The summed E-state index contributed by atoms with van der Waals surface area (Å²) in [4.78, 5) is 12.4. The molecule has 1 aliphatic heterocycles. The maximum absolute atomic E-state index is 12.4. The number of fused-ring (bicyclic) bond motifs is 1. The minimum Gasteiger partial charge on any atom is -0.376 e. The Balaban J connectivity index is 1.89. The molecular formula is C15H16ClN3O2. The first-order valence-corrected chi connectivity index (χ1v) is 7.16. The molecule has 0 unspecified atom stereocenters. The van der Waals surface area contributed by atoms with Crippen molar-refractivity contribution in [2.24, 2.45) is 0 Å². The molecule has 6 heteroatoms. The number of benzene rings is 1. The Kier molecular flexibility index (Phi) is 3.69. The van der Waals surface area contributed by atoms with E-state index in [0.717, 1.165) is 28.8 Å². The van der Waals surface area contributed by atoms with Crippen LogP contribution >= 0.6 is 11.6 Å². The van der Waals surface area contributed by atoms with Gasteiger partial charge >= 0.3 is 0 Å². The van der Waals surface area contributed by atoms with Crippen LogP contribution in [-0.4, -0.2) is 22.7 Å². The van der Waals surface area contributed by atoms with Gasteiger partial charge in [0.15, 0.2) is 5.69 Å². The van der Waals surface area contributed by atoms with Crippen molar-refractivity contribution in [2.45, 2.75) is 26.9 Å². The lowest BCUT2D eigenvalue weighted by Gasteiger charge is -2.13. The number of rotatable bonds is 2. The highest BCUT2D eigenvalue weighted by Crippen LogP contribution is 2.28. The van der Waals surface area contributed by atoms with Gasteiger partial charge in [0.05, 0.1) is 23.9 Å². The van der Waals surface area contributed by atoms with Crippen molar-refractivity contribution >= 4 is 23.2 Å². The van der Waals surface area contributed by atoms with Crippen LogP contribution in [0, 0.1) is 13.8 Å². The van der Waals surface area contributed by atoms with Crippen molar-refractivity contribution in [1.29, 1.82) is 0 Å². The van der Waals surface area contributed by atoms with E-state index >= 15 is 0 Å². The summed E-state index contributed by atoms with van der Waals surface area (Å²) in [5.41, 5.74) is 4.79. The second-order valence-corrected chi connectivity index (χ2v) is 5.63. The third kappa shape index (κ3) is 2.66. The van der Waals surface area contributed by atoms with Crippen LogP contribution in [0.3, 0.4) is 0 Å². The third-order valence-corrected chi connectivity index (χ3v) is 3.88.